The van der Waals surface area contributed by atoms with Gasteiger partial charge in [0.2, 0.25) is 0 Å². The number of nitrogens with zero attached hydrogens (tertiary/aromatic N) is 2. The normalized spacial score (nSPS) is 12.8. The summed E-state index contributed by atoms with van der Waals surface area (Å²) in [6.07, 6.45) is -3.88. The van der Waals surface area contributed by atoms with Crippen LogP contribution in [-0.4, -0.2) is 25.2 Å². The molecule has 0 bridgehead atoms. The van der Waals surface area contributed by atoms with Gasteiger partial charge in [-0.1, -0.05) is 41.6 Å². The molecule has 5 nitrogen and oxygen atoms in total. The van der Waals surface area contributed by atoms with Gasteiger partial charge in [0.1, 0.15) is 12.4 Å². The van der Waals surface area contributed by atoms with E-state index in [9.17, 15) is 13.2 Å². The molecule has 0 aliphatic carbocycles. The molecule has 0 amide bonds. The van der Waals surface area contributed by atoms with E-state index in [2.05, 4.69) is 15.6 Å². The summed E-state index contributed by atoms with van der Waals surface area (Å²) in [6.45, 7) is 4.16. The van der Waals surface area contributed by atoms with Crippen LogP contribution in [0.1, 0.15) is 36.1 Å². The fourth-order valence-electron chi connectivity index (χ4n) is 2.54. The van der Waals surface area contributed by atoms with Crippen LogP contribution < -0.4 is 5.48 Å². The van der Waals surface area contributed by atoms with Crippen molar-refractivity contribution in [2.45, 2.75) is 33.1 Å². The number of amidine groups is 1. The standard InChI is InChI=1S/C21H24F3N3O2/c1-4-28-27-20(25-3)13-17-8-5-6-9-18(17)14-29-26-15(2)16-10-7-11-19(12-16)21(22,23)24/h5-12H,4,13-14H2,1-3H3,(H,25,27)/b26-15+. The minimum Gasteiger partial charge on any atom is -0.391 e. The van der Waals surface area contributed by atoms with Crippen LogP contribution in [0.5, 0.6) is 0 Å². The van der Waals surface area contributed by atoms with E-state index in [0.717, 1.165) is 23.3 Å². The van der Waals surface area contributed by atoms with Crippen molar-refractivity contribution in [2.75, 3.05) is 13.7 Å². The Morgan fingerprint density at radius 1 is 1.07 bits per heavy atom. The molecule has 29 heavy (non-hydrogen) atoms. The number of hydrogen-bond donors (Lipinski definition) is 1. The zero-order valence-electron chi connectivity index (χ0n) is 16.6. The summed E-state index contributed by atoms with van der Waals surface area (Å²) in [5.41, 5.74) is 4.67. The molecule has 2 aromatic carbocycles. The Balaban J connectivity index is 2.07. The molecular weight excluding hydrogens is 383 g/mol. The third-order valence-corrected chi connectivity index (χ3v) is 4.11. The number of oxime groups is 1. The Morgan fingerprint density at radius 3 is 2.45 bits per heavy atom. The summed E-state index contributed by atoms with van der Waals surface area (Å²) < 4.78 is 38.6. The summed E-state index contributed by atoms with van der Waals surface area (Å²) >= 11 is 0. The maximum atomic E-state index is 12.9. The van der Waals surface area contributed by atoms with Gasteiger partial charge in [-0.15, -0.1) is 0 Å². The Labute approximate surface area is 168 Å². The molecule has 8 heteroatoms. The predicted octanol–water partition coefficient (Wildman–Crippen LogP) is 4.76. The van der Waals surface area contributed by atoms with Crippen molar-refractivity contribution >= 4 is 11.5 Å². The Morgan fingerprint density at radius 2 is 1.79 bits per heavy atom. The molecule has 0 atom stereocenters. The van der Waals surface area contributed by atoms with Crippen LogP contribution >= 0.6 is 0 Å². The van der Waals surface area contributed by atoms with E-state index < -0.39 is 11.7 Å². The highest BCUT2D eigenvalue weighted by molar-refractivity contribution is 5.98. The molecule has 0 radical (unpaired) electrons. The van der Waals surface area contributed by atoms with Gasteiger partial charge < -0.3 is 4.84 Å². The fraction of sp³-hybridized carbons (Fsp3) is 0.333. The van der Waals surface area contributed by atoms with Gasteiger partial charge in [0.25, 0.3) is 0 Å². The van der Waals surface area contributed by atoms with Gasteiger partial charge in [-0.3, -0.25) is 15.3 Å². The monoisotopic (exact) mass is 407 g/mol. The van der Waals surface area contributed by atoms with E-state index in [-0.39, 0.29) is 6.61 Å². The number of hydrogen-bond acceptors (Lipinski definition) is 4. The molecule has 0 heterocycles. The molecule has 0 aliphatic rings. The van der Waals surface area contributed by atoms with E-state index >= 15 is 0 Å². The number of alkyl halides is 3. The van der Waals surface area contributed by atoms with Crippen molar-refractivity contribution in [3.05, 3.63) is 70.8 Å². The quantitative estimate of drug-likeness (QED) is 0.390. The maximum Gasteiger partial charge on any atom is 0.416 e. The second-order valence-electron chi connectivity index (χ2n) is 6.18. The van der Waals surface area contributed by atoms with Crippen LogP contribution in [0.15, 0.2) is 58.7 Å². The number of hydroxylamine groups is 1. The number of rotatable bonds is 8. The van der Waals surface area contributed by atoms with Crippen molar-refractivity contribution in [3.63, 3.8) is 0 Å². The smallest absolute Gasteiger partial charge is 0.391 e. The molecular formula is C21H24F3N3O2. The van der Waals surface area contributed by atoms with Gasteiger partial charge in [-0.25, -0.2) is 0 Å². The van der Waals surface area contributed by atoms with Gasteiger partial charge in [-0.2, -0.15) is 13.2 Å². The molecule has 0 aromatic heterocycles. The molecule has 0 spiro atoms. The SMILES string of the molecule is CCONC(Cc1ccccc1CO/N=C(\C)c1cccc(C(F)(F)F)c1)=NC. The molecule has 0 saturated carbocycles. The zero-order valence-corrected chi connectivity index (χ0v) is 16.6. The first-order chi connectivity index (χ1) is 13.8. The highest BCUT2D eigenvalue weighted by Crippen LogP contribution is 2.29. The first kappa shape index (κ1) is 22.4. The minimum atomic E-state index is -4.40. The summed E-state index contributed by atoms with van der Waals surface area (Å²) in [6, 6.07) is 12.6. The molecule has 0 aliphatic heterocycles. The van der Waals surface area contributed by atoms with Crippen molar-refractivity contribution in [2.24, 2.45) is 10.1 Å². The van der Waals surface area contributed by atoms with Gasteiger partial charge in [0.15, 0.2) is 0 Å². The van der Waals surface area contributed by atoms with Crippen molar-refractivity contribution in [1.82, 2.24) is 5.48 Å². The average Bonchev–Trinajstić information content (AvgIpc) is 2.71. The van der Waals surface area contributed by atoms with Crippen molar-refractivity contribution in [1.29, 1.82) is 0 Å². The topological polar surface area (TPSA) is 55.2 Å². The molecule has 2 aromatic rings. The maximum absolute atomic E-state index is 12.9. The van der Waals surface area contributed by atoms with E-state index in [4.69, 9.17) is 9.68 Å². The van der Waals surface area contributed by atoms with Crippen LogP contribution in [0.4, 0.5) is 13.2 Å². The summed E-state index contributed by atoms with van der Waals surface area (Å²) in [5, 5.41) is 3.98. The van der Waals surface area contributed by atoms with Crippen LogP contribution in [0, 0.1) is 0 Å². The first-order valence-corrected chi connectivity index (χ1v) is 9.09. The Hall–Kier alpha value is -2.87. The van der Waals surface area contributed by atoms with Crippen LogP contribution in [0.25, 0.3) is 0 Å². The fourth-order valence-corrected chi connectivity index (χ4v) is 2.54. The average molecular weight is 407 g/mol. The lowest BCUT2D eigenvalue weighted by Crippen LogP contribution is -2.26. The number of nitrogens with one attached hydrogen (secondary N) is 1. The molecule has 1 N–H and O–H groups in total. The second-order valence-corrected chi connectivity index (χ2v) is 6.18. The summed E-state index contributed by atoms with van der Waals surface area (Å²) in [5.74, 6) is 0.669. The largest absolute Gasteiger partial charge is 0.416 e. The molecule has 0 unspecified atom stereocenters. The highest BCUT2D eigenvalue weighted by Gasteiger charge is 2.30. The van der Waals surface area contributed by atoms with E-state index in [1.807, 2.05) is 31.2 Å². The minimum absolute atomic E-state index is 0.179. The highest BCUT2D eigenvalue weighted by atomic mass is 19.4. The van der Waals surface area contributed by atoms with E-state index in [1.165, 1.54) is 6.07 Å². The molecule has 2 rings (SSSR count). The number of aliphatic imine (C=N–C) groups is 1. The van der Waals surface area contributed by atoms with Crippen LogP contribution in [0.2, 0.25) is 0 Å². The number of halogens is 3. The lowest BCUT2D eigenvalue weighted by Gasteiger charge is -2.12. The van der Waals surface area contributed by atoms with Crippen LogP contribution in [-0.2, 0) is 28.9 Å². The van der Waals surface area contributed by atoms with Crippen LogP contribution in [0.3, 0.4) is 0 Å². The lowest BCUT2D eigenvalue weighted by molar-refractivity contribution is -0.137. The zero-order chi connectivity index (χ0) is 21.3. The lowest BCUT2D eigenvalue weighted by atomic mass is 10.0. The van der Waals surface area contributed by atoms with Gasteiger partial charge >= 0.3 is 6.18 Å². The van der Waals surface area contributed by atoms with Gasteiger partial charge in [0.05, 0.1) is 17.9 Å². The third kappa shape index (κ3) is 6.90. The predicted molar refractivity (Wildman–Crippen MR) is 107 cm³/mol. The van der Waals surface area contributed by atoms with Gasteiger partial charge in [-0.05, 0) is 42.7 Å². The Kier molecular flexibility index (Phi) is 8.21. The summed E-state index contributed by atoms with van der Waals surface area (Å²) in [4.78, 5) is 14.8. The van der Waals surface area contributed by atoms with E-state index in [0.29, 0.717) is 30.1 Å². The summed E-state index contributed by atoms with van der Waals surface area (Å²) in [7, 11) is 1.67. The molecule has 0 fully saturated rings. The second kappa shape index (κ2) is 10.6. The number of benzene rings is 2. The van der Waals surface area contributed by atoms with Gasteiger partial charge in [0, 0.05) is 13.5 Å². The van der Waals surface area contributed by atoms with Crippen molar-refractivity contribution < 1.29 is 22.8 Å². The Bertz CT molecular complexity index is 864. The van der Waals surface area contributed by atoms with E-state index in [1.54, 1.807) is 20.0 Å². The third-order valence-electron chi connectivity index (χ3n) is 4.11. The molecule has 0 saturated heterocycles. The van der Waals surface area contributed by atoms with Crippen molar-refractivity contribution in [3.8, 4) is 0 Å². The first-order valence-electron chi connectivity index (χ1n) is 9.09. The molecule has 156 valence electrons.